The molecule has 0 saturated carbocycles. The van der Waals surface area contributed by atoms with Gasteiger partial charge in [0.05, 0.1) is 0 Å². The highest BCUT2D eigenvalue weighted by atomic mass is 32.2. The van der Waals surface area contributed by atoms with Crippen LogP contribution in [0, 0.1) is 0 Å². The van der Waals surface area contributed by atoms with Crippen LogP contribution in [-0.4, -0.2) is 38.9 Å². The Morgan fingerprint density at radius 2 is 2.11 bits per heavy atom. The fourth-order valence-corrected chi connectivity index (χ4v) is 2.34. The van der Waals surface area contributed by atoms with Crippen molar-refractivity contribution in [3.05, 3.63) is 30.0 Å². The number of aromatic amines is 1. The Kier molecular flexibility index (Phi) is 3.79. The van der Waals surface area contributed by atoms with Crippen molar-refractivity contribution in [2.45, 2.75) is 6.42 Å². The second-order valence-electron chi connectivity index (χ2n) is 4.62. The third-order valence-corrected chi connectivity index (χ3v) is 3.20. The quantitative estimate of drug-likeness (QED) is 0.851. The van der Waals surface area contributed by atoms with Gasteiger partial charge in [-0.1, -0.05) is 6.07 Å². The maximum Gasteiger partial charge on any atom is 0.380 e. The number of H-pyrrole nitrogens is 1. The Bertz CT molecular complexity index is 677. The van der Waals surface area contributed by atoms with Crippen LogP contribution in [0.25, 0.3) is 10.9 Å². The smallest absolute Gasteiger partial charge is 0.370 e. The minimum atomic E-state index is -4.02. The second-order valence-corrected chi connectivity index (χ2v) is 5.77. The van der Waals surface area contributed by atoms with Crippen LogP contribution in [-0.2, 0) is 16.7 Å². The molecule has 1 aromatic carbocycles. The summed E-state index contributed by atoms with van der Waals surface area (Å²) >= 11 is 0. The molecule has 6 nitrogen and oxygen atoms in total. The SMILES string of the molecule is CN(C)CCc1c[nH]c2cccc(OS(N)(=O)=O)c12. The number of likely N-dealkylation sites (N-methyl/N-ethyl adjacent to an activating group) is 1. The Balaban J connectivity index is 2.43. The maximum absolute atomic E-state index is 11.1. The normalized spacial score (nSPS) is 12.2. The summed E-state index contributed by atoms with van der Waals surface area (Å²) in [6.45, 7) is 0.858. The Morgan fingerprint density at radius 3 is 2.74 bits per heavy atom. The zero-order valence-electron chi connectivity index (χ0n) is 10.9. The monoisotopic (exact) mass is 283 g/mol. The van der Waals surface area contributed by atoms with E-state index in [0.29, 0.717) is 0 Å². The first-order valence-electron chi connectivity index (χ1n) is 5.83. The van der Waals surface area contributed by atoms with Gasteiger partial charge in [0.15, 0.2) is 5.75 Å². The predicted molar refractivity (Wildman–Crippen MR) is 74.3 cm³/mol. The van der Waals surface area contributed by atoms with Crippen LogP contribution >= 0.6 is 0 Å². The third-order valence-electron chi connectivity index (χ3n) is 2.78. The van der Waals surface area contributed by atoms with E-state index in [-0.39, 0.29) is 5.75 Å². The molecule has 0 atom stereocenters. The molecule has 0 spiro atoms. The van der Waals surface area contributed by atoms with Gasteiger partial charge in [0.1, 0.15) is 0 Å². The van der Waals surface area contributed by atoms with Crippen LogP contribution in [0.15, 0.2) is 24.4 Å². The molecule has 0 fully saturated rings. The number of benzene rings is 1. The van der Waals surface area contributed by atoms with Crippen molar-refractivity contribution < 1.29 is 12.6 Å². The Morgan fingerprint density at radius 1 is 1.37 bits per heavy atom. The Hall–Kier alpha value is -1.57. The second kappa shape index (κ2) is 5.20. The van der Waals surface area contributed by atoms with Crippen LogP contribution in [0.2, 0.25) is 0 Å². The summed E-state index contributed by atoms with van der Waals surface area (Å²) in [4.78, 5) is 5.16. The molecule has 0 unspecified atom stereocenters. The van der Waals surface area contributed by atoms with Gasteiger partial charge in [0.25, 0.3) is 0 Å². The van der Waals surface area contributed by atoms with Gasteiger partial charge in [-0.2, -0.15) is 13.6 Å². The molecule has 1 aromatic heterocycles. The first-order valence-corrected chi connectivity index (χ1v) is 7.30. The van der Waals surface area contributed by atoms with Crippen LogP contribution in [0.4, 0.5) is 0 Å². The molecule has 19 heavy (non-hydrogen) atoms. The van der Waals surface area contributed by atoms with Gasteiger partial charge in [0, 0.05) is 23.6 Å². The number of fused-ring (bicyclic) bond motifs is 1. The lowest BCUT2D eigenvalue weighted by molar-refractivity contribution is 0.414. The van der Waals surface area contributed by atoms with E-state index in [4.69, 9.17) is 9.32 Å². The van der Waals surface area contributed by atoms with E-state index in [1.807, 2.05) is 26.4 Å². The number of nitrogens with one attached hydrogen (secondary N) is 1. The molecule has 0 aliphatic rings. The molecule has 104 valence electrons. The minimum absolute atomic E-state index is 0.259. The van der Waals surface area contributed by atoms with E-state index in [1.54, 1.807) is 12.1 Å². The summed E-state index contributed by atoms with van der Waals surface area (Å²) in [5.74, 6) is 0.259. The van der Waals surface area contributed by atoms with Gasteiger partial charge in [-0.15, -0.1) is 0 Å². The van der Waals surface area contributed by atoms with Crippen molar-refractivity contribution in [1.82, 2.24) is 9.88 Å². The van der Waals surface area contributed by atoms with Gasteiger partial charge in [-0.3, -0.25) is 0 Å². The lowest BCUT2D eigenvalue weighted by atomic mass is 10.1. The Labute approximate surface area is 112 Å². The predicted octanol–water partition coefficient (Wildman–Crippen LogP) is 0.854. The van der Waals surface area contributed by atoms with Crippen molar-refractivity contribution in [2.24, 2.45) is 5.14 Å². The molecule has 2 aromatic rings. The number of nitrogens with two attached hydrogens (primary N) is 1. The minimum Gasteiger partial charge on any atom is -0.370 e. The molecule has 3 N–H and O–H groups in total. The van der Waals surface area contributed by atoms with Gasteiger partial charge in [0.2, 0.25) is 0 Å². The number of aromatic nitrogens is 1. The lowest BCUT2D eigenvalue weighted by Gasteiger charge is -2.09. The first-order chi connectivity index (χ1) is 8.87. The van der Waals surface area contributed by atoms with E-state index in [9.17, 15) is 8.42 Å². The van der Waals surface area contributed by atoms with Crippen molar-refractivity contribution in [3.63, 3.8) is 0 Å². The fourth-order valence-electron chi connectivity index (χ4n) is 1.96. The molecule has 1 heterocycles. The number of rotatable bonds is 5. The van der Waals surface area contributed by atoms with E-state index in [1.165, 1.54) is 0 Å². The summed E-state index contributed by atoms with van der Waals surface area (Å²) < 4.78 is 27.0. The molecular formula is C12H17N3O3S. The average Bonchev–Trinajstić information content (AvgIpc) is 2.68. The molecule has 0 amide bonds. The number of hydrogen-bond acceptors (Lipinski definition) is 4. The lowest BCUT2D eigenvalue weighted by Crippen LogP contribution is -2.19. The molecule has 7 heteroatoms. The highest BCUT2D eigenvalue weighted by Crippen LogP contribution is 2.29. The molecule has 0 aliphatic carbocycles. The molecule has 0 saturated heterocycles. The summed E-state index contributed by atoms with van der Waals surface area (Å²) in [5.41, 5.74) is 1.83. The van der Waals surface area contributed by atoms with Crippen LogP contribution in [0.3, 0.4) is 0 Å². The topological polar surface area (TPSA) is 88.4 Å². The molecule has 0 aliphatic heterocycles. The van der Waals surface area contributed by atoms with Gasteiger partial charge < -0.3 is 14.1 Å². The third kappa shape index (κ3) is 3.46. The largest absolute Gasteiger partial charge is 0.380 e. The van der Waals surface area contributed by atoms with Gasteiger partial charge in [-0.25, -0.2) is 0 Å². The van der Waals surface area contributed by atoms with Crippen LogP contribution < -0.4 is 9.32 Å². The van der Waals surface area contributed by atoms with Crippen molar-refractivity contribution in [2.75, 3.05) is 20.6 Å². The summed E-state index contributed by atoms with van der Waals surface area (Å²) in [7, 11) is -0.0534. The van der Waals surface area contributed by atoms with Crippen molar-refractivity contribution in [3.8, 4) is 5.75 Å². The van der Waals surface area contributed by atoms with E-state index in [2.05, 4.69) is 9.88 Å². The van der Waals surface area contributed by atoms with E-state index in [0.717, 1.165) is 29.4 Å². The number of nitrogens with zero attached hydrogens (tertiary/aromatic N) is 1. The molecule has 0 bridgehead atoms. The highest BCUT2D eigenvalue weighted by molar-refractivity contribution is 7.84. The average molecular weight is 283 g/mol. The molecule has 2 rings (SSSR count). The van der Waals surface area contributed by atoms with Gasteiger partial charge >= 0.3 is 10.3 Å². The standard InChI is InChI=1S/C12H17N3O3S/c1-15(2)7-6-9-8-14-10-4-3-5-11(12(9)10)18-19(13,16)17/h3-5,8,14H,6-7H2,1-2H3,(H2,13,16,17). The summed E-state index contributed by atoms with van der Waals surface area (Å²) in [5, 5.41) is 5.69. The zero-order chi connectivity index (χ0) is 14.0. The van der Waals surface area contributed by atoms with Crippen LogP contribution in [0.5, 0.6) is 5.75 Å². The number of hydrogen-bond donors (Lipinski definition) is 2. The zero-order valence-corrected chi connectivity index (χ0v) is 11.7. The van der Waals surface area contributed by atoms with Crippen molar-refractivity contribution in [1.29, 1.82) is 0 Å². The molecule has 0 radical (unpaired) electrons. The maximum atomic E-state index is 11.1. The summed E-state index contributed by atoms with van der Waals surface area (Å²) in [6.07, 6.45) is 2.65. The highest BCUT2D eigenvalue weighted by Gasteiger charge is 2.13. The van der Waals surface area contributed by atoms with Gasteiger partial charge in [-0.05, 0) is 38.2 Å². The first kappa shape index (κ1) is 13.9. The van der Waals surface area contributed by atoms with E-state index >= 15 is 0 Å². The fraction of sp³-hybridized carbons (Fsp3) is 0.333. The van der Waals surface area contributed by atoms with Crippen LogP contribution in [0.1, 0.15) is 5.56 Å². The molecular weight excluding hydrogens is 266 g/mol. The van der Waals surface area contributed by atoms with E-state index < -0.39 is 10.3 Å². The summed E-state index contributed by atoms with van der Waals surface area (Å²) in [6, 6.07) is 5.18. The van der Waals surface area contributed by atoms with Crippen molar-refractivity contribution >= 4 is 21.2 Å².